The average Bonchev–Trinajstić information content (AvgIpc) is 3.15. The number of fused-ring (bicyclic) bond motifs is 1. The third kappa shape index (κ3) is 4.46. The molecule has 4 N–H and O–H groups in total. The van der Waals surface area contributed by atoms with E-state index >= 15 is 0 Å². The topological polar surface area (TPSA) is 189 Å². The van der Waals surface area contributed by atoms with Gasteiger partial charge in [0.05, 0.1) is 24.2 Å². The van der Waals surface area contributed by atoms with Gasteiger partial charge >= 0.3 is 0 Å². The maximum absolute atomic E-state index is 12.9. The van der Waals surface area contributed by atoms with E-state index < -0.39 is 35.5 Å². The standard InChI is InChI=1S/C20H22N6O7/c1-10-19(29)25(15-8-13(28)14(9-27)33-15)17-16(22-10)18(24-20(21)23-17)32-7-6-11-2-4-12(5-3-11)26(30)31/h2-5,13-15,27-28H,6-9H2,1H3,(H2,21,23,24)/t13-,14+,15+/m0/s1. The molecule has 0 bridgehead atoms. The lowest BCUT2D eigenvalue weighted by atomic mass is 10.1. The van der Waals surface area contributed by atoms with E-state index in [0.717, 1.165) is 5.56 Å². The van der Waals surface area contributed by atoms with E-state index in [1.807, 2.05) is 0 Å². The van der Waals surface area contributed by atoms with Crippen LogP contribution in [0.3, 0.4) is 0 Å². The van der Waals surface area contributed by atoms with Crippen LogP contribution in [0.15, 0.2) is 29.1 Å². The number of nitrogen functional groups attached to an aromatic ring is 1. The molecule has 13 heteroatoms. The van der Waals surface area contributed by atoms with Crippen molar-refractivity contribution < 1.29 is 24.6 Å². The van der Waals surface area contributed by atoms with Gasteiger partial charge in [0.2, 0.25) is 11.8 Å². The molecule has 4 rings (SSSR count). The normalized spacial score (nSPS) is 20.3. The van der Waals surface area contributed by atoms with Crippen molar-refractivity contribution in [2.45, 2.75) is 38.2 Å². The number of aromatic nitrogens is 4. The molecule has 0 aliphatic carbocycles. The first-order valence-corrected chi connectivity index (χ1v) is 10.2. The number of hydrogen-bond donors (Lipinski definition) is 3. The molecule has 13 nitrogen and oxygen atoms in total. The highest BCUT2D eigenvalue weighted by molar-refractivity contribution is 5.77. The number of aliphatic hydroxyl groups excluding tert-OH is 2. The zero-order valence-electron chi connectivity index (χ0n) is 17.6. The molecule has 3 heterocycles. The van der Waals surface area contributed by atoms with E-state index in [1.54, 1.807) is 12.1 Å². The van der Waals surface area contributed by atoms with E-state index in [0.29, 0.717) is 6.42 Å². The smallest absolute Gasteiger partial charge is 0.275 e. The van der Waals surface area contributed by atoms with Gasteiger partial charge in [0.25, 0.3) is 11.2 Å². The molecule has 0 saturated carbocycles. The molecule has 33 heavy (non-hydrogen) atoms. The fraction of sp³-hybridized carbons (Fsp3) is 0.400. The molecule has 0 radical (unpaired) electrons. The Hall–Kier alpha value is -3.68. The van der Waals surface area contributed by atoms with Gasteiger partial charge in [-0.2, -0.15) is 9.97 Å². The Balaban J connectivity index is 1.63. The highest BCUT2D eigenvalue weighted by Gasteiger charge is 2.36. The first kappa shape index (κ1) is 22.5. The van der Waals surface area contributed by atoms with Gasteiger partial charge in [-0.05, 0) is 12.5 Å². The van der Waals surface area contributed by atoms with E-state index in [-0.39, 0.29) is 47.4 Å². The highest BCUT2D eigenvalue weighted by atomic mass is 16.6. The molecular formula is C20H22N6O7. The predicted octanol–water partition coefficient (Wildman–Crippen LogP) is 0.248. The maximum Gasteiger partial charge on any atom is 0.275 e. The number of rotatable bonds is 7. The molecule has 174 valence electrons. The minimum atomic E-state index is -0.952. The third-order valence-electron chi connectivity index (χ3n) is 5.34. The van der Waals surface area contributed by atoms with Crippen LogP contribution in [0.4, 0.5) is 11.6 Å². The van der Waals surface area contributed by atoms with Crippen molar-refractivity contribution in [1.29, 1.82) is 0 Å². The number of nitro benzene ring substituents is 1. The minimum Gasteiger partial charge on any atom is -0.476 e. The summed E-state index contributed by atoms with van der Waals surface area (Å²) in [4.78, 5) is 35.7. The summed E-state index contributed by atoms with van der Waals surface area (Å²) in [5.41, 5.74) is 6.60. The second kappa shape index (κ2) is 9.05. The fourth-order valence-electron chi connectivity index (χ4n) is 3.65. The van der Waals surface area contributed by atoms with Crippen molar-refractivity contribution in [3.63, 3.8) is 0 Å². The zero-order valence-corrected chi connectivity index (χ0v) is 17.6. The summed E-state index contributed by atoms with van der Waals surface area (Å²) in [6.07, 6.45) is -2.16. The van der Waals surface area contributed by atoms with Crippen LogP contribution >= 0.6 is 0 Å². The van der Waals surface area contributed by atoms with Crippen molar-refractivity contribution in [3.8, 4) is 5.88 Å². The molecule has 1 aliphatic rings. The highest BCUT2D eigenvalue weighted by Crippen LogP contribution is 2.31. The fourth-order valence-corrected chi connectivity index (χ4v) is 3.65. The molecule has 1 aromatic carbocycles. The quantitative estimate of drug-likeness (QED) is 0.325. The number of nitro groups is 1. The summed E-state index contributed by atoms with van der Waals surface area (Å²) in [7, 11) is 0. The van der Waals surface area contributed by atoms with Gasteiger partial charge < -0.3 is 25.4 Å². The number of hydrogen-bond acceptors (Lipinski definition) is 11. The molecule has 3 aromatic rings. The Kier molecular flexibility index (Phi) is 6.18. The molecule has 0 spiro atoms. The average molecular weight is 458 g/mol. The lowest BCUT2D eigenvalue weighted by Crippen LogP contribution is -2.29. The van der Waals surface area contributed by atoms with Crippen LogP contribution in [-0.2, 0) is 11.2 Å². The van der Waals surface area contributed by atoms with Gasteiger partial charge in [0.15, 0.2) is 11.2 Å². The third-order valence-corrected chi connectivity index (χ3v) is 5.34. The van der Waals surface area contributed by atoms with Crippen LogP contribution in [-0.4, -0.2) is 60.1 Å². The number of non-ortho nitro benzene ring substituents is 1. The maximum atomic E-state index is 12.9. The SMILES string of the molecule is Cc1nc2c(OCCc3ccc([N+](=O)[O-])cc3)nc(N)nc2n([C@H]2C[C@H](O)[C@@H](CO)O2)c1=O. The minimum absolute atomic E-state index is 0.00503. The van der Waals surface area contributed by atoms with Crippen molar-refractivity contribution in [3.05, 3.63) is 56.0 Å². The second-order valence-corrected chi connectivity index (χ2v) is 7.57. The predicted molar refractivity (Wildman–Crippen MR) is 115 cm³/mol. The van der Waals surface area contributed by atoms with Crippen LogP contribution in [0.2, 0.25) is 0 Å². The molecule has 1 fully saturated rings. The van der Waals surface area contributed by atoms with Crippen molar-refractivity contribution >= 4 is 22.8 Å². The number of nitrogens with two attached hydrogens (primary N) is 1. The van der Waals surface area contributed by atoms with E-state index in [2.05, 4.69) is 15.0 Å². The molecule has 1 aliphatic heterocycles. The monoisotopic (exact) mass is 458 g/mol. The van der Waals surface area contributed by atoms with Gasteiger partial charge in [-0.3, -0.25) is 19.5 Å². The summed E-state index contributed by atoms with van der Waals surface area (Å²) < 4.78 is 12.7. The summed E-state index contributed by atoms with van der Waals surface area (Å²) >= 11 is 0. The first-order chi connectivity index (χ1) is 15.8. The van der Waals surface area contributed by atoms with Gasteiger partial charge in [-0.1, -0.05) is 12.1 Å². The summed E-state index contributed by atoms with van der Waals surface area (Å²) in [6, 6.07) is 6.09. The first-order valence-electron chi connectivity index (χ1n) is 10.2. The van der Waals surface area contributed by atoms with Crippen molar-refractivity contribution in [1.82, 2.24) is 19.5 Å². The van der Waals surface area contributed by atoms with Gasteiger partial charge in [0.1, 0.15) is 18.0 Å². The molecular weight excluding hydrogens is 436 g/mol. The molecule has 0 amide bonds. The molecule has 2 aromatic heterocycles. The van der Waals surface area contributed by atoms with Gasteiger partial charge in [-0.25, -0.2) is 4.98 Å². The van der Waals surface area contributed by atoms with Crippen LogP contribution in [0.1, 0.15) is 23.9 Å². The zero-order chi connectivity index (χ0) is 23.7. The van der Waals surface area contributed by atoms with Crippen LogP contribution in [0.5, 0.6) is 5.88 Å². The van der Waals surface area contributed by atoms with E-state index in [1.165, 1.54) is 23.6 Å². The Bertz CT molecular complexity index is 1250. The molecule has 3 atom stereocenters. The van der Waals surface area contributed by atoms with Crippen molar-refractivity contribution in [2.24, 2.45) is 0 Å². The Labute approximate surface area is 186 Å². The van der Waals surface area contributed by atoms with Crippen LogP contribution < -0.4 is 16.0 Å². The lowest BCUT2D eigenvalue weighted by molar-refractivity contribution is -0.384. The van der Waals surface area contributed by atoms with Gasteiger partial charge in [-0.15, -0.1) is 0 Å². The second-order valence-electron chi connectivity index (χ2n) is 7.57. The lowest BCUT2D eigenvalue weighted by Gasteiger charge is -2.18. The number of anilines is 1. The van der Waals surface area contributed by atoms with Crippen molar-refractivity contribution in [2.75, 3.05) is 18.9 Å². The van der Waals surface area contributed by atoms with Crippen LogP contribution in [0, 0.1) is 17.0 Å². The number of aryl methyl sites for hydroxylation is 1. The number of nitrogens with zero attached hydrogens (tertiary/aromatic N) is 5. The Morgan fingerprint density at radius 1 is 1.30 bits per heavy atom. The largest absolute Gasteiger partial charge is 0.476 e. The number of aliphatic hydroxyl groups is 2. The van der Waals surface area contributed by atoms with E-state index in [4.69, 9.17) is 15.2 Å². The number of ether oxygens (including phenoxy) is 2. The molecule has 0 unspecified atom stereocenters. The Morgan fingerprint density at radius 2 is 2.03 bits per heavy atom. The van der Waals surface area contributed by atoms with E-state index in [9.17, 15) is 25.1 Å². The summed E-state index contributed by atoms with van der Waals surface area (Å²) in [5.74, 6) is -0.0857. The summed E-state index contributed by atoms with van der Waals surface area (Å²) in [5, 5.41) is 30.3. The summed E-state index contributed by atoms with van der Waals surface area (Å²) in [6.45, 7) is 1.28. The number of benzene rings is 1. The van der Waals surface area contributed by atoms with Crippen LogP contribution in [0.25, 0.3) is 11.2 Å². The van der Waals surface area contributed by atoms with Gasteiger partial charge in [0, 0.05) is 25.0 Å². The Morgan fingerprint density at radius 3 is 2.67 bits per heavy atom. The molecule has 1 saturated heterocycles.